The van der Waals surface area contributed by atoms with Crippen molar-refractivity contribution in [1.82, 2.24) is 10.4 Å². The molecule has 0 aromatic heterocycles. The Bertz CT molecular complexity index is 838. The summed E-state index contributed by atoms with van der Waals surface area (Å²) in [6, 6.07) is 4.54. The molecule has 5 N–H and O–H groups in total. The van der Waals surface area contributed by atoms with Crippen LogP contribution in [0, 0.1) is 0 Å². The molecule has 13 nitrogen and oxygen atoms in total. The van der Waals surface area contributed by atoms with Gasteiger partial charge in [-0.1, -0.05) is 0 Å². The molecule has 1 aromatic rings. The fourth-order valence-corrected chi connectivity index (χ4v) is 4.48. The third-order valence-corrected chi connectivity index (χ3v) is 6.03. The van der Waals surface area contributed by atoms with Gasteiger partial charge in [-0.25, -0.2) is 9.65 Å². The Morgan fingerprint density at radius 1 is 1.18 bits per heavy atom. The van der Waals surface area contributed by atoms with Gasteiger partial charge in [0.25, 0.3) is 0 Å². The van der Waals surface area contributed by atoms with Crippen molar-refractivity contribution in [2.24, 2.45) is 0 Å². The van der Waals surface area contributed by atoms with Crippen molar-refractivity contribution in [2.45, 2.75) is 44.5 Å². The molecule has 33 heavy (non-hydrogen) atoms. The lowest BCUT2D eigenvalue weighted by molar-refractivity contribution is -0.250. The van der Waals surface area contributed by atoms with Crippen molar-refractivity contribution >= 4 is 19.6 Å². The summed E-state index contributed by atoms with van der Waals surface area (Å²) >= 11 is 0. The quantitative estimate of drug-likeness (QED) is 0.194. The van der Waals surface area contributed by atoms with Crippen molar-refractivity contribution < 1.29 is 52.7 Å². The third kappa shape index (κ3) is 7.64. The lowest BCUT2D eigenvalue weighted by Gasteiger charge is -2.42. The smallest absolute Gasteiger partial charge is 0.459 e. The first kappa shape index (κ1) is 27.0. The minimum atomic E-state index is -4.44. The maximum absolute atomic E-state index is 13.6. The summed E-state index contributed by atoms with van der Waals surface area (Å²) in [7, 11) is -2.98. The maximum Gasteiger partial charge on any atom is 0.459 e. The predicted octanol–water partition coefficient (Wildman–Crippen LogP) is -0.705. The number of carbonyl (C=O) groups is 2. The molecule has 1 unspecified atom stereocenters. The molecule has 6 atom stereocenters. The molecule has 0 radical (unpaired) electrons. The highest BCUT2D eigenvalue weighted by atomic mass is 31.2. The molecular weight excluding hydrogens is 463 g/mol. The molecule has 1 heterocycles. The Hall–Kier alpha value is -2.25. The molecule has 186 valence electrons. The van der Waals surface area contributed by atoms with Crippen LogP contribution >= 0.6 is 7.75 Å². The second-order valence-corrected chi connectivity index (χ2v) is 8.64. The number of nitrogens with one attached hydrogen (secondary N) is 2. The van der Waals surface area contributed by atoms with E-state index in [4.69, 9.17) is 23.3 Å². The van der Waals surface area contributed by atoms with Gasteiger partial charge in [0, 0.05) is 6.92 Å². The van der Waals surface area contributed by atoms with Crippen LogP contribution < -0.4 is 19.7 Å². The largest absolute Gasteiger partial charge is 0.497 e. The number of aliphatic hydroxyl groups is 3. The van der Waals surface area contributed by atoms with Gasteiger partial charge in [-0.2, -0.15) is 0 Å². The van der Waals surface area contributed by atoms with Crippen molar-refractivity contribution in [2.75, 3.05) is 26.9 Å². The number of amides is 1. The summed E-state index contributed by atoms with van der Waals surface area (Å²) in [6.07, 6.45) is -6.21. The maximum atomic E-state index is 13.6. The molecule has 1 fully saturated rings. The molecule has 0 bridgehead atoms. The van der Waals surface area contributed by atoms with Crippen LogP contribution in [0.25, 0.3) is 0 Å². The van der Waals surface area contributed by atoms with Crippen molar-refractivity contribution in [3.63, 3.8) is 0 Å². The normalized spacial score (nSPS) is 26.7. The number of hydrogen-bond acceptors (Lipinski definition) is 11. The van der Waals surface area contributed by atoms with E-state index in [-0.39, 0.29) is 12.4 Å². The molecule has 0 spiro atoms. The highest BCUT2D eigenvalue weighted by Gasteiger charge is 2.49. The molecule has 0 aliphatic carbocycles. The van der Waals surface area contributed by atoms with Gasteiger partial charge in [-0.15, -0.1) is 0 Å². The Balaban J connectivity index is 2.34. The van der Waals surface area contributed by atoms with Gasteiger partial charge in [-0.3, -0.25) is 14.1 Å². The van der Waals surface area contributed by atoms with E-state index in [9.17, 15) is 29.5 Å². The van der Waals surface area contributed by atoms with Gasteiger partial charge in [0.1, 0.15) is 42.4 Å². The van der Waals surface area contributed by atoms with E-state index in [1.165, 1.54) is 31.4 Å². The zero-order valence-electron chi connectivity index (χ0n) is 18.4. The van der Waals surface area contributed by atoms with E-state index in [1.807, 2.05) is 0 Å². The number of carbonyl (C=O) groups excluding carboxylic acids is 2. The Morgan fingerprint density at radius 3 is 2.36 bits per heavy atom. The second-order valence-electron chi connectivity index (χ2n) is 6.94. The van der Waals surface area contributed by atoms with Crippen LogP contribution in [0.5, 0.6) is 11.5 Å². The average molecular weight is 492 g/mol. The highest BCUT2D eigenvalue weighted by Crippen LogP contribution is 2.47. The molecule has 1 amide bonds. The van der Waals surface area contributed by atoms with Gasteiger partial charge in [-0.05, 0) is 31.2 Å². The molecule has 0 saturated carbocycles. The van der Waals surface area contributed by atoms with Crippen LogP contribution in [-0.2, 0) is 28.2 Å². The van der Waals surface area contributed by atoms with Gasteiger partial charge in [0.15, 0.2) is 6.29 Å². The van der Waals surface area contributed by atoms with Crippen LogP contribution in [0.4, 0.5) is 0 Å². The number of methoxy groups -OCH3 is 1. The van der Waals surface area contributed by atoms with Gasteiger partial charge in [0.05, 0.1) is 20.3 Å². The molecular formula is C19H29N2O11P. The molecule has 1 aliphatic rings. The lowest BCUT2D eigenvalue weighted by Crippen LogP contribution is -2.64. The number of rotatable bonds is 11. The van der Waals surface area contributed by atoms with Crippen LogP contribution in [0.2, 0.25) is 0 Å². The monoisotopic (exact) mass is 492 g/mol. The minimum Gasteiger partial charge on any atom is -0.497 e. The van der Waals surface area contributed by atoms with E-state index in [0.717, 1.165) is 6.92 Å². The van der Waals surface area contributed by atoms with E-state index in [2.05, 4.69) is 10.4 Å². The topological polar surface area (TPSA) is 182 Å². The average Bonchev–Trinajstić information content (AvgIpc) is 2.77. The standard InChI is InChI=1S/C19H29N2O11P/c1-4-29-15(24)9-20-33(27,31-13-7-5-12(28-3)6-8-13)32-18-16(21-11(2)23)19(26)30-14(10-22)17(18)25/h5-8,14,16-19,22,25-26H,4,9-10H2,1-3H3,(H,20,27)(H,21,23)/t14-,16-,17-,18-,19+,33?/m1/s1. The highest BCUT2D eigenvalue weighted by molar-refractivity contribution is 7.52. The van der Waals surface area contributed by atoms with E-state index in [0.29, 0.717) is 5.75 Å². The fraction of sp³-hybridized carbons (Fsp3) is 0.579. The van der Waals surface area contributed by atoms with Gasteiger partial charge in [0.2, 0.25) is 5.91 Å². The molecule has 1 aliphatic heterocycles. The van der Waals surface area contributed by atoms with E-state index in [1.54, 1.807) is 6.92 Å². The molecule has 14 heteroatoms. The SMILES string of the molecule is CCOC(=O)CNP(=O)(Oc1ccc(OC)cc1)O[C@H]1[C@H](O)[C@@H](CO)O[C@H](O)[C@@H]1NC(C)=O. The van der Waals surface area contributed by atoms with Crippen LogP contribution in [0.15, 0.2) is 24.3 Å². The van der Waals surface area contributed by atoms with Crippen LogP contribution in [0.3, 0.4) is 0 Å². The summed E-state index contributed by atoms with van der Waals surface area (Å²) in [5.41, 5.74) is 0. The van der Waals surface area contributed by atoms with Crippen molar-refractivity contribution in [3.05, 3.63) is 24.3 Å². The molecule has 2 rings (SSSR count). The minimum absolute atomic E-state index is 0.0624. The molecule has 1 aromatic carbocycles. The summed E-state index contributed by atoms with van der Waals surface area (Å²) in [6.45, 7) is 1.55. The van der Waals surface area contributed by atoms with E-state index < -0.39 is 63.4 Å². The third-order valence-electron chi connectivity index (χ3n) is 4.51. The zero-order chi connectivity index (χ0) is 24.6. The summed E-state index contributed by atoms with van der Waals surface area (Å²) in [4.78, 5) is 23.4. The predicted molar refractivity (Wildman–Crippen MR) is 112 cm³/mol. The zero-order valence-corrected chi connectivity index (χ0v) is 19.3. The first-order valence-corrected chi connectivity index (χ1v) is 11.6. The van der Waals surface area contributed by atoms with E-state index >= 15 is 0 Å². The van der Waals surface area contributed by atoms with Crippen LogP contribution in [-0.4, -0.2) is 84.7 Å². The first-order valence-electron chi connectivity index (χ1n) is 10.0. The number of ether oxygens (including phenoxy) is 3. The van der Waals surface area contributed by atoms with Gasteiger partial charge < -0.3 is 39.4 Å². The number of aliphatic hydroxyl groups excluding tert-OH is 3. The molecule has 1 saturated heterocycles. The Labute approximate surface area is 190 Å². The summed E-state index contributed by atoms with van der Waals surface area (Å²) < 4.78 is 39.6. The summed E-state index contributed by atoms with van der Waals surface area (Å²) in [5.74, 6) is -0.792. The van der Waals surface area contributed by atoms with Crippen molar-refractivity contribution in [3.8, 4) is 11.5 Å². The first-order chi connectivity index (χ1) is 15.6. The van der Waals surface area contributed by atoms with Gasteiger partial charge >= 0.3 is 13.7 Å². The number of esters is 1. The fourth-order valence-electron chi connectivity index (χ4n) is 3.00. The summed E-state index contributed by atoms with van der Waals surface area (Å²) in [5, 5.41) is 35.0. The van der Waals surface area contributed by atoms with Crippen LogP contribution in [0.1, 0.15) is 13.8 Å². The number of hydrogen-bond donors (Lipinski definition) is 5. The lowest BCUT2D eigenvalue weighted by atomic mass is 9.97. The Kier molecular flexibility index (Phi) is 10.0. The Morgan fingerprint density at radius 2 is 1.82 bits per heavy atom. The number of benzene rings is 1. The van der Waals surface area contributed by atoms with Crippen molar-refractivity contribution in [1.29, 1.82) is 0 Å². The second kappa shape index (κ2) is 12.3.